The van der Waals surface area contributed by atoms with Crippen LogP contribution in [0.5, 0.6) is 5.75 Å². The monoisotopic (exact) mass is 462 g/mol. The lowest BCUT2D eigenvalue weighted by atomic mass is 10.2. The number of nitro groups is 1. The molecule has 0 aliphatic carbocycles. The number of methoxy groups -OCH3 is 1. The zero-order valence-electron chi connectivity index (χ0n) is 12.7. The number of nitro benzene ring substituents is 1. The summed E-state index contributed by atoms with van der Waals surface area (Å²) in [6.45, 7) is 0.227. The van der Waals surface area contributed by atoms with E-state index in [0.29, 0.717) is 22.0 Å². The first-order valence-electron chi connectivity index (χ1n) is 6.63. The fourth-order valence-electron chi connectivity index (χ4n) is 1.88. The second-order valence-electron chi connectivity index (χ2n) is 4.60. The summed E-state index contributed by atoms with van der Waals surface area (Å²) in [6, 6.07) is 11.4. The fraction of sp³-hybridized carbons (Fsp3) is 0.133. The van der Waals surface area contributed by atoms with Crippen molar-refractivity contribution in [3.63, 3.8) is 0 Å². The van der Waals surface area contributed by atoms with Gasteiger partial charge in [-0.1, -0.05) is 23.7 Å². The predicted octanol–water partition coefficient (Wildman–Crippen LogP) is 3.80. The maximum Gasteiger partial charge on any atom is 0.269 e. The summed E-state index contributed by atoms with van der Waals surface area (Å²) in [7, 11) is 1.53. The van der Waals surface area contributed by atoms with Crippen molar-refractivity contribution in [1.82, 2.24) is 0 Å². The van der Waals surface area contributed by atoms with E-state index in [4.69, 9.17) is 22.1 Å². The fourth-order valence-corrected chi connectivity index (χ4v) is 2.13. The molecule has 0 amide bonds. The average molecular weight is 463 g/mol. The summed E-state index contributed by atoms with van der Waals surface area (Å²) in [5.41, 5.74) is 7.18. The molecule has 24 heavy (non-hydrogen) atoms. The molecular weight excluding hydrogens is 447 g/mol. The lowest BCUT2D eigenvalue weighted by Gasteiger charge is -2.08. The smallest absolute Gasteiger partial charge is 0.269 e. The minimum atomic E-state index is -0.450. The Bertz CT molecular complexity index is 755. The highest BCUT2D eigenvalue weighted by Crippen LogP contribution is 2.27. The zero-order valence-corrected chi connectivity index (χ0v) is 15.8. The number of halogens is 2. The van der Waals surface area contributed by atoms with E-state index in [1.165, 1.54) is 19.2 Å². The molecule has 0 fully saturated rings. The molecule has 3 N–H and O–H groups in total. The van der Waals surface area contributed by atoms with Gasteiger partial charge in [-0.05, 0) is 23.8 Å². The summed E-state index contributed by atoms with van der Waals surface area (Å²) in [4.78, 5) is 14.4. The van der Waals surface area contributed by atoms with Crippen LogP contribution in [0.1, 0.15) is 5.56 Å². The highest BCUT2D eigenvalue weighted by molar-refractivity contribution is 14.0. The topological polar surface area (TPSA) is 103 Å². The van der Waals surface area contributed by atoms with Crippen molar-refractivity contribution in [3.8, 4) is 5.75 Å². The SMILES string of the molecule is COc1ccc(NC(N)=NCc2cccc([N+](=O)[O-])c2)cc1Cl.I. The number of aliphatic imine (C=N–C) groups is 1. The molecule has 2 aromatic carbocycles. The van der Waals surface area contributed by atoms with Gasteiger partial charge in [0.2, 0.25) is 0 Å². The van der Waals surface area contributed by atoms with E-state index < -0.39 is 4.92 Å². The maximum atomic E-state index is 10.7. The predicted molar refractivity (Wildman–Crippen MR) is 105 cm³/mol. The Hall–Kier alpha value is -2.07. The van der Waals surface area contributed by atoms with Crippen molar-refractivity contribution in [3.05, 3.63) is 63.2 Å². The summed E-state index contributed by atoms with van der Waals surface area (Å²) < 4.78 is 5.06. The van der Waals surface area contributed by atoms with E-state index in [1.54, 1.807) is 30.3 Å². The molecule has 0 aliphatic heterocycles. The number of anilines is 1. The molecule has 0 bridgehead atoms. The van der Waals surface area contributed by atoms with Crippen LogP contribution in [0, 0.1) is 10.1 Å². The third-order valence-electron chi connectivity index (χ3n) is 2.98. The van der Waals surface area contributed by atoms with Crippen LogP contribution in [-0.2, 0) is 6.54 Å². The van der Waals surface area contributed by atoms with Gasteiger partial charge in [-0.25, -0.2) is 4.99 Å². The van der Waals surface area contributed by atoms with Crippen LogP contribution in [0.4, 0.5) is 11.4 Å². The molecule has 0 aromatic heterocycles. The molecule has 2 aromatic rings. The Kier molecular flexibility index (Phi) is 7.72. The Morgan fingerprint density at radius 1 is 1.38 bits per heavy atom. The first kappa shape index (κ1) is 20.0. The number of non-ortho nitro benzene ring substituents is 1. The average Bonchev–Trinajstić information content (AvgIpc) is 2.53. The molecule has 0 heterocycles. The maximum absolute atomic E-state index is 10.7. The van der Waals surface area contributed by atoms with E-state index in [-0.39, 0.29) is 42.2 Å². The van der Waals surface area contributed by atoms with Crippen molar-refractivity contribution < 1.29 is 9.66 Å². The number of guanidine groups is 1. The molecule has 0 saturated carbocycles. The Morgan fingerprint density at radius 2 is 2.12 bits per heavy atom. The highest BCUT2D eigenvalue weighted by atomic mass is 127. The molecule has 7 nitrogen and oxygen atoms in total. The summed E-state index contributed by atoms with van der Waals surface area (Å²) in [5.74, 6) is 0.738. The van der Waals surface area contributed by atoms with Gasteiger partial charge in [0.15, 0.2) is 5.96 Å². The molecule has 0 unspecified atom stereocenters. The van der Waals surface area contributed by atoms with Crippen LogP contribution < -0.4 is 15.8 Å². The van der Waals surface area contributed by atoms with Gasteiger partial charge < -0.3 is 15.8 Å². The number of hydrogen-bond acceptors (Lipinski definition) is 4. The standard InChI is InChI=1S/C15H15ClN4O3.HI/c1-23-14-6-5-11(8-13(14)16)19-15(17)18-9-10-3-2-4-12(7-10)20(21)22;/h2-8H,9H2,1H3,(H3,17,18,19);1H. The Morgan fingerprint density at radius 3 is 2.75 bits per heavy atom. The van der Waals surface area contributed by atoms with E-state index in [1.807, 2.05) is 0 Å². The van der Waals surface area contributed by atoms with Crippen LogP contribution in [0.15, 0.2) is 47.5 Å². The van der Waals surface area contributed by atoms with Gasteiger partial charge in [0.25, 0.3) is 5.69 Å². The molecule has 0 radical (unpaired) electrons. The summed E-state index contributed by atoms with van der Waals surface area (Å²) in [6.07, 6.45) is 0. The van der Waals surface area contributed by atoms with Gasteiger partial charge in [0, 0.05) is 17.8 Å². The summed E-state index contributed by atoms with van der Waals surface area (Å²) >= 11 is 6.02. The molecule has 2 rings (SSSR count). The van der Waals surface area contributed by atoms with Crippen molar-refractivity contribution in [2.24, 2.45) is 10.7 Å². The molecule has 128 valence electrons. The van der Waals surface area contributed by atoms with Crippen LogP contribution >= 0.6 is 35.6 Å². The van der Waals surface area contributed by atoms with Crippen molar-refractivity contribution in [2.45, 2.75) is 6.54 Å². The first-order chi connectivity index (χ1) is 11.0. The number of benzene rings is 2. The number of hydrogen-bond donors (Lipinski definition) is 2. The zero-order chi connectivity index (χ0) is 16.8. The molecule has 0 saturated heterocycles. The third-order valence-corrected chi connectivity index (χ3v) is 3.27. The Labute approximate surface area is 161 Å². The minimum Gasteiger partial charge on any atom is -0.495 e. The van der Waals surface area contributed by atoms with E-state index in [2.05, 4.69) is 10.3 Å². The largest absolute Gasteiger partial charge is 0.495 e. The molecule has 0 atom stereocenters. The normalized spacial score (nSPS) is 10.7. The number of nitrogens with two attached hydrogens (primary N) is 1. The number of nitrogens with one attached hydrogen (secondary N) is 1. The molecule has 0 aliphatic rings. The lowest BCUT2D eigenvalue weighted by molar-refractivity contribution is -0.384. The number of ether oxygens (including phenoxy) is 1. The second-order valence-corrected chi connectivity index (χ2v) is 5.01. The van der Waals surface area contributed by atoms with Crippen LogP contribution in [-0.4, -0.2) is 18.0 Å². The number of rotatable bonds is 5. The highest BCUT2D eigenvalue weighted by Gasteiger charge is 2.06. The van der Waals surface area contributed by atoms with Crippen LogP contribution in [0.2, 0.25) is 5.02 Å². The van der Waals surface area contributed by atoms with Crippen LogP contribution in [0.25, 0.3) is 0 Å². The number of nitrogens with zero attached hydrogens (tertiary/aromatic N) is 2. The second kappa shape index (κ2) is 9.28. The first-order valence-corrected chi connectivity index (χ1v) is 7.01. The van der Waals surface area contributed by atoms with Gasteiger partial charge >= 0.3 is 0 Å². The van der Waals surface area contributed by atoms with Crippen molar-refractivity contribution >= 4 is 52.9 Å². The van der Waals surface area contributed by atoms with Crippen molar-refractivity contribution in [2.75, 3.05) is 12.4 Å². The van der Waals surface area contributed by atoms with Gasteiger partial charge in [0.05, 0.1) is 23.6 Å². The molecule has 9 heteroatoms. The third kappa shape index (κ3) is 5.53. The Balaban J connectivity index is 0.00000288. The van der Waals surface area contributed by atoms with Gasteiger partial charge in [-0.3, -0.25) is 10.1 Å². The molecule has 0 spiro atoms. The van der Waals surface area contributed by atoms with Crippen LogP contribution in [0.3, 0.4) is 0 Å². The van der Waals surface area contributed by atoms with E-state index >= 15 is 0 Å². The van der Waals surface area contributed by atoms with E-state index in [9.17, 15) is 10.1 Å². The lowest BCUT2D eigenvalue weighted by Crippen LogP contribution is -2.22. The summed E-state index contributed by atoms with van der Waals surface area (Å²) in [5, 5.41) is 14.1. The van der Waals surface area contributed by atoms with Gasteiger partial charge in [0.1, 0.15) is 5.75 Å². The quantitative estimate of drug-likeness (QED) is 0.231. The van der Waals surface area contributed by atoms with Gasteiger partial charge in [-0.2, -0.15) is 0 Å². The van der Waals surface area contributed by atoms with E-state index in [0.717, 1.165) is 0 Å². The van der Waals surface area contributed by atoms with Crippen molar-refractivity contribution in [1.29, 1.82) is 0 Å². The molecular formula is C15H16ClIN4O3. The minimum absolute atomic E-state index is 0. The van der Waals surface area contributed by atoms with Gasteiger partial charge in [-0.15, -0.1) is 24.0 Å².